The number of benzene rings is 4. The van der Waals surface area contributed by atoms with Crippen LogP contribution in [0.5, 0.6) is 0 Å². The molecule has 0 aliphatic carbocycles. The normalized spacial score (nSPS) is 13.0. The Morgan fingerprint density at radius 2 is 1.57 bits per heavy atom. The van der Waals surface area contributed by atoms with Gasteiger partial charge in [0.25, 0.3) is 0 Å². The van der Waals surface area contributed by atoms with Gasteiger partial charge in [-0.2, -0.15) is 0 Å². The molecule has 1 atom stereocenters. The fraction of sp³-hybridized carbons (Fsp3) is 0.235. The van der Waals surface area contributed by atoms with Gasteiger partial charge in [0, 0.05) is 37.4 Å². The van der Waals surface area contributed by atoms with Gasteiger partial charge in [-0.05, 0) is 65.4 Å². The van der Waals surface area contributed by atoms with E-state index in [1.165, 1.54) is 17.7 Å². The Labute approximate surface area is 235 Å². The summed E-state index contributed by atoms with van der Waals surface area (Å²) in [4.78, 5) is 31.7. The van der Waals surface area contributed by atoms with Crippen LogP contribution in [0.2, 0.25) is 0 Å². The van der Waals surface area contributed by atoms with E-state index >= 15 is 0 Å². The van der Waals surface area contributed by atoms with E-state index in [4.69, 9.17) is 0 Å². The number of amides is 2. The fourth-order valence-corrected chi connectivity index (χ4v) is 5.26. The topological polar surface area (TPSA) is 52.7 Å². The summed E-state index contributed by atoms with van der Waals surface area (Å²) in [5, 5.41) is 3.01. The number of carbonyl (C=O) groups excluding carboxylic acids is 2. The third-order valence-electron chi connectivity index (χ3n) is 7.47. The van der Waals surface area contributed by atoms with Crippen molar-refractivity contribution in [3.05, 3.63) is 131 Å². The van der Waals surface area contributed by atoms with Crippen LogP contribution in [0.15, 0.2) is 103 Å². The lowest BCUT2D eigenvalue weighted by atomic mass is 10.0. The van der Waals surface area contributed by atoms with E-state index in [0.717, 1.165) is 36.2 Å². The molecule has 1 N–H and O–H groups in total. The molecule has 0 spiro atoms. The molecule has 1 aliphatic rings. The molecule has 0 fully saturated rings. The zero-order valence-electron chi connectivity index (χ0n) is 22.7. The van der Waals surface area contributed by atoms with Crippen LogP contribution < -0.4 is 15.1 Å². The predicted octanol–water partition coefficient (Wildman–Crippen LogP) is 6.23. The summed E-state index contributed by atoms with van der Waals surface area (Å²) in [6, 6.07) is 30.5. The summed E-state index contributed by atoms with van der Waals surface area (Å²) in [6.45, 7) is 3.79. The molecule has 4 aromatic rings. The molecule has 6 heteroatoms. The maximum atomic E-state index is 14.1. The Morgan fingerprint density at radius 3 is 2.30 bits per heavy atom. The maximum absolute atomic E-state index is 14.1. The van der Waals surface area contributed by atoms with Crippen LogP contribution in [0.1, 0.15) is 41.6 Å². The molecule has 5 nitrogen and oxygen atoms in total. The molecule has 0 radical (unpaired) electrons. The van der Waals surface area contributed by atoms with E-state index in [2.05, 4.69) is 29.3 Å². The molecule has 4 aromatic carbocycles. The smallest absolute Gasteiger partial charge is 0.248 e. The zero-order valence-corrected chi connectivity index (χ0v) is 22.7. The monoisotopic (exact) mass is 535 g/mol. The Balaban J connectivity index is 1.46. The lowest BCUT2D eigenvalue weighted by Gasteiger charge is -2.32. The van der Waals surface area contributed by atoms with Gasteiger partial charge in [0.15, 0.2) is 0 Å². The number of para-hydroxylation sites is 1. The molecule has 2 amide bonds. The first-order valence-electron chi connectivity index (χ1n) is 13.8. The van der Waals surface area contributed by atoms with Gasteiger partial charge in [-0.1, -0.05) is 79.7 Å². The first kappa shape index (κ1) is 27.1. The van der Waals surface area contributed by atoms with Crippen molar-refractivity contribution < 1.29 is 14.0 Å². The molecule has 0 unspecified atom stereocenters. The summed E-state index contributed by atoms with van der Waals surface area (Å²) < 4.78 is 13.9. The molecule has 40 heavy (non-hydrogen) atoms. The predicted molar refractivity (Wildman–Crippen MR) is 158 cm³/mol. The molecule has 1 heterocycles. The first-order valence-corrected chi connectivity index (χ1v) is 13.8. The standard InChI is InChI=1S/C34H34FN3O2/c1-2-25-12-18-30(19-13-25)38(32(39)21-23-37-22-20-27-10-6-7-11-31(27)37)33(28-14-16-29(35)17-15-28)34(40)36-24-26-8-4-3-5-9-26/h3-19,33H,2,20-24H2,1H3,(H,36,40)/t33-/m1/s1. The Morgan fingerprint density at radius 1 is 0.875 bits per heavy atom. The highest BCUT2D eigenvalue weighted by Gasteiger charge is 2.33. The Hall–Kier alpha value is -4.45. The van der Waals surface area contributed by atoms with Crippen molar-refractivity contribution in [1.29, 1.82) is 0 Å². The van der Waals surface area contributed by atoms with Crippen molar-refractivity contribution >= 4 is 23.2 Å². The number of halogens is 1. The molecule has 0 aromatic heterocycles. The highest BCUT2D eigenvalue weighted by atomic mass is 19.1. The van der Waals surface area contributed by atoms with Crippen LogP contribution in [-0.2, 0) is 29.0 Å². The number of hydrogen-bond donors (Lipinski definition) is 1. The van der Waals surface area contributed by atoms with Crippen LogP contribution in [-0.4, -0.2) is 24.9 Å². The Kier molecular flexibility index (Phi) is 8.55. The van der Waals surface area contributed by atoms with E-state index in [0.29, 0.717) is 24.3 Å². The largest absolute Gasteiger partial charge is 0.370 e. The first-order chi connectivity index (χ1) is 19.5. The summed E-state index contributed by atoms with van der Waals surface area (Å²) in [5.41, 5.74) is 5.71. The van der Waals surface area contributed by atoms with Crippen LogP contribution in [0.3, 0.4) is 0 Å². The van der Waals surface area contributed by atoms with E-state index in [1.54, 1.807) is 17.0 Å². The third-order valence-corrected chi connectivity index (χ3v) is 7.47. The molecule has 0 saturated heterocycles. The molecule has 0 saturated carbocycles. The number of nitrogens with one attached hydrogen (secondary N) is 1. The van der Waals surface area contributed by atoms with E-state index in [-0.39, 0.29) is 18.2 Å². The highest BCUT2D eigenvalue weighted by Crippen LogP contribution is 2.31. The number of hydrogen-bond acceptors (Lipinski definition) is 3. The van der Waals surface area contributed by atoms with Crippen molar-refractivity contribution in [3.8, 4) is 0 Å². The van der Waals surface area contributed by atoms with E-state index in [1.807, 2.05) is 66.7 Å². The van der Waals surface area contributed by atoms with Crippen molar-refractivity contribution in [2.24, 2.45) is 0 Å². The SMILES string of the molecule is CCc1ccc(N(C(=O)CCN2CCc3ccccc32)[C@@H](C(=O)NCc2ccccc2)c2ccc(F)cc2)cc1. The minimum atomic E-state index is -0.963. The summed E-state index contributed by atoms with van der Waals surface area (Å²) >= 11 is 0. The Bertz CT molecular complexity index is 1440. The van der Waals surface area contributed by atoms with Crippen molar-refractivity contribution in [3.63, 3.8) is 0 Å². The molecule has 204 valence electrons. The molecule has 0 bridgehead atoms. The van der Waals surface area contributed by atoms with Crippen LogP contribution >= 0.6 is 0 Å². The minimum Gasteiger partial charge on any atom is -0.370 e. The van der Waals surface area contributed by atoms with Gasteiger partial charge in [0.1, 0.15) is 11.9 Å². The van der Waals surface area contributed by atoms with Crippen molar-refractivity contribution in [2.45, 2.75) is 38.8 Å². The second-order valence-electron chi connectivity index (χ2n) is 10.1. The van der Waals surface area contributed by atoms with Crippen LogP contribution in [0.25, 0.3) is 0 Å². The molecule has 1 aliphatic heterocycles. The van der Waals surface area contributed by atoms with Crippen LogP contribution in [0.4, 0.5) is 15.8 Å². The number of carbonyl (C=O) groups is 2. The zero-order chi connectivity index (χ0) is 27.9. The van der Waals surface area contributed by atoms with Crippen molar-refractivity contribution in [2.75, 3.05) is 22.9 Å². The number of rotatable bonds is 10. The fourth-order valence-electron chi connectivity index (χ4n) is 5.26. The van der Waals surface area contributed by atoms with Gasteiger partial charge in [-0.25, -0.2) is 4.39 Å². The summed E-state index contributed by atoms with van der Waals surface area (Å²) in [6.07, 6.45) is 2.04. The lowest BCUT2D eigenvalue weighted by Crippen LogP contribution is -2.44. The van der Waals surface area contributed by atoms with Gasteiger partial charge in [-0.3, -0.25) is 14.5 Å². The number of aryl methyl sites for hydroxylation is 1. The maximum Gasteiger partial charge on any atom is 0.248 e. The second-order valence-corrected chi connectivity index (χ2v) is 10.1. The van der Waals surface area contributed by atoms with E-state index < -0.39 is 11.9 Å². The average molecular weight is 536 g/mol. The number of anilines is 2. The van der Waals surface area contributed by atoms with Crippen molar-refractivity contribution in [1.82, 2.24) is 5.32 Å². The molecular formula is C34H34FN3O2. The number of fused-ring (bicyclic) bond motifs is 1. The molecule has 5 rings (SSSR count). The molecular weight excluding hydrogens is 501 g/mol. The van der Waals surface area contributed by atoms with Gasteiger partial charge in [0.05, 0.1) is 0 Å². The second kappa shape index (κ2) is 12.6. The van der Waals surface area contributed by atoms with Gasteiger partial charge in [0.2, 0.25) is 11.8 Å². The van der Waals surface area contributed by atoms with Gasteiger partial charge < -0.3 is 10.2 Å². The number of nitrogens with zero attached hydrogens (tertiary/aromatic N) is 2. The summed E-state index contributed by atoms with van der Waals surface area (Å²) in [7, 11) is 0. The highest BCUT2D eigenvalue weighted by molar-refractivity contribution is 6.01. The minimum absolute atomic E-state index is 0.169. The lowest BCUT2D eigenvalue weighted by molar-refractivity contribution is -0.126. The van der Waals surface area contributed by atoms with Crippen LogP contribution in [0, 0.1) is 5.82 Å². The quantitative estimate of drug-likeness (QED) is 0.262. The van der Waals surface area contributed by atoms with Gasteiger partial charge in [-0.15, -0.1) is 0 Å². The van der Waals surface area contributed by atoms with Gasteiger partial charge >= 0.3 is 0 Å². The summed E-state index contributed by atoms with van der Waals surface area (Å²) in [5.74, 6) is -0.891. The van der Waals surface area contributed by atoms with E-state index in [9.17, 15) is 14.0 Å². The third kappa shape index (κ3) is 6.23. The average Bonchev–Trinajstić information content (AvgIpc) is 3.42.